The smallest absolute Gasteiger partial charge is 0.344 e. The summed E-state index contributed by atoms with van der Waals surface area (Å²) in [4.78, 5) is 26.0. The predicted octanol–water partition coefficient (Wildman–Crippen LogP) is 2.98. The van der Waals surface area contributed by atoms with Crippen LogP contribution >= 0.6 is 11.5 Å². The van der Waals surface area contributed by atoms with Crippen molar-refractivity contribution >= 4 is 28.5 Å². The lowest BCUT2D eigenvalue weighted by atomic mass is 10.1. The molecule has 2 heterocycles. The molecule has 1 unspecified atom stereocenters. The molecule has 2 aromatic rings. The van der Waals surface area contributed by atoms with Crippen LogP contribution in [0.1, 0.15) is 40.7 Å². The van der Waals surface area contributed by atoms with Crippen LogP contribution in [0.25, 0.3) is 0 Å². The van der Waals surface area contributed by atoms with Crippen molar-refractivity contribution in [3.63, 3.8) is 0 Å². The van der Waals surface area contributed by atoms with Gasteiger partial charge < -0.3 is 25.2 Å². The first-order valence-corrected chi connectivity index (χ1v) is 11.3. The second-order valence-corrected chi connectivity index (χ2v) is 8.58. The van der Waals surface area contributed by atoms with Crippen LogP contribution in [0.4, 0.5) is 18.6 Å². The van der Waals surface area contributed by atoms with E-state index in [1.807, 2.05) is 0 Å². The molecule has 0 spiro atoms. The van der Waals surface area contributed by atoms with Crippen LogP contribution < -0.4 is 15.4 Å². The summed E-state index contributed by atoms with van der Waals surface area (Å²) in [6.07, 6.45) is 2.09. The molecule has 1 aromatic heterocycles. The zero-order valence-electron chi connectivity index (χ0n) is 18.1. The van der Waals surface area contributed by atoms with Crippen LogP contribution in [0.2, 0.25) is 0 Å². The molecule has 1 fully saturated rings. The lowest BCUT2D eigenvalue weighted by molar-refractivity contribution is 0.0693. The maximum atomic E-state index is 14.0. The summed E-state index contributed by atoms with van der Waals surface area (Å²) < 4.78 is 36.9. The van der Waals surface area contributed by atoms with Gasteiger partial charge in [0.05, 0.1) is 6.10 Å². The van der Waals surface area contributed by atoms with Crippen LogP contribution in [0.3, 0.4) is 0 Å². The van der Waals surface area contributed by atoms with Crippen molar-refractivity contribution in [1.29, 1.82) is 0 Å². The number of hydrogen-bond acceptors (Lipinski definition) is 7. The third-order valence-electron chi connectivity index (χ3n) is 5.23. The summed E-state index contributed by atoms with van der Waals surface area (Å²) in [6.45, 7) is 3.78. The molecule has 3 rings (SSSR count). The van der Waals surface area contributed by atoms with Crippen molar-refractivity contribution in [3.8, 4) is 5.88 Å². The zero-order chi connectivity index (χ0) is 24.0. The van der Waals surface area contributed by atoms with Crippen LogP contribution in [0, 0.1) is 18.6 Å². The van der Waals surface area contributed by atoms with E-state index in [-0.39, 0.29) is 33.7 Å². The van der Waals surface area contributed by atoms with Gasteiger partial charge in [-0.2, -0.15) is 4.37 Å². The average molecular weight is 485 g/mol. The molecule has 1 aliphatic rings. The van der Waals surface area contributed by atoms with Gasteiger partial charge in [0.2, 0.25) is 5.88 Å². The largest absolute Gasteiger partial charge is 0.477 e. The number of carboxylic acids is 1. The second kappa shape index (κ2) is 11.3. The highest BCUT2D eigenvalue weighted by Crippen LogP contribution is 2.31. The molecule has 12 heteroatoms. The number of carbonyl (C=O) groups is 2. The molecule has 180 valence electrons. The van der Waals surface area contributed by atoms with E-state index < -0.39 is 30.2 Å². The van der Waals surface area contributed by atoms with Gasteiger partial charge in [0.1, 0.15) is 23.2 Å². The van der Waals surface area contributed by atoms with Gasteiger partial charge in [0, 0.05) is 25.2 Å². The molecule has 0 saturated carbocycles. The monoisotopic (exact) mass is 484 g/mol. The molecule has 2 amide bonds. The Bertz CT molecular complexity index is 1000. The molecule has 1 aromatic carbocycles. The number of aromatic carboxylic acids is 1. The van der Waals surface area contributed by atoms with E-state index in [1.54, 1.807) is 0 Å². The average Bonchev–Trinajstić information content (AvgIpc) is 3.35. The van der Waals surface area contributed by atoms with Gasteiger partial charge in [-0.25, -0.2) is 18.4 Å². The van der Waals surface area contributed by atoms with E-state index >= 15 is 0 Å². The van der Waals surface area contributed by atoms with E-state index in [0.29, 0.717) is 24.6 Å². The number of unbranched alkanes of at least 4 members (excludes halogenated alkanes) is 1. The number of aryl methyl sites for hydroxylation is 1. The Labute approximate surface area is 193 Å². The third kappa shape index (κ3) is 6.83. The number of nitrogens with zero attached hydrogens (tertiary/aromatic N) is 2. The third-order valence-corrected chi connectivity index (χ3v) is 5.97. The minimum atomic E-state index is -1.38. The number of β-amino-alcohol motifs (C(OH)–C–C–N with tert-alkyl or cyclic N) is 1. The Hall–Kier alpha value is -2.83. The van der Waals surface area contributed by atoms with E-state index in [4.69, 9.17) is 4.74 Å². The molecule has 1 atom stereocenters. The number of anilines is 1. The van der Waals surface area contributed by atoms with Crippen molar-refractivity contribution < 1.29 is 33.3 Å². The Kier molecular flexibility index (Phi) is 8.53. The number of halogens is 2. The minimum absolute atomic E-state index is 0.0309. The lowest BCUT2D eigenvalue weighted by Crippen LogP contribution is -2.30. The SMILES string of the molecule is Cc1cc(F)c(COc2nsc(NC(=O)NCCCCN3CCC(O)C3)c2C(=O)O)cc1F. The maximum absolute atomic E-state index is 14.0. The topological polar surface area (TPSA) is 124 Å². The zero-order valence-corrected chi connectivity index (χ0v) is 18.9. The van der Waals surface area contributed by atoms with E-state index in [9.17, 15) is 28.6 Å². The Morgan fingerprint density at radius 1 is 1.30 bits per heavy atom. The van der Waals surface area contributed by atoms with Gasteiger partial charge in [-0.3, -0.25) is 5.32 Å². The standard InChI is InChI=1S/C21H26F2N4O5S/c1-12-8-16(23)13(9-15(12)22)11-32-18-17(20(29)30)19(33-26-18)25-21(31)24-5-2-3-6-27-7-4-14(28)10-27/h8-9,14,28H,2-7,10-11H2,1H3,(H,29,30)(H2,24,25,31). The van der Waals surface area contributed by atoms with Crippen molar-refractivity contribution in [2.45, 2.75) is 38.9 Å². The molecule has 33 heavy (non-hydrogen) atoms. The van der Waals surface area contributed by atoms with Gasteiger partial charge in [-0.15, -0.1) is 0 Å². The van der Waals surface area contributed by atoms with Crippen LogP contribution in [-0.4, -0.2) is 63.8 Å². The molecular weight excluding hydrogens is 458 g/mol. The molecule has 9 nitrogen and oxygen atoms in total. The number of aliphatic hydroxyl groups is 1. The summed E-state index contributed by atoms with van der Waals surface area (Å²) >= 11 is 0.713. The first-order valence-electron chi connectivity index (χ1n) is 10.5. The van der Waals surface area contributed by atoms with Crippen LogP contribution in [0.5, 0.6) is 5.88 Å². The molecule has 0 radical (unpaired) electrons. The summed E-state index contributed by atoms with van der Waals surface area (Å²) in [6, 6.07) is 1.42. The first-order chi connectivity index (χ1) is 15.7. The molecule has 1 saturated heterocycles. The van der Waals surface area contributed by atoms with Gasteiger partial charge in [-0.1, -0.05) is 0 Å². The van der Waals surface area contributed by atoms with E-state index in [2.05, 4.69) is 19.9 Å². The Morgan fingerprint density at radius 2 is 2.09 bits per heavy atom. The van der Waals surface area contributed by atoms with Crippen LogP contribution in [0.15, 0.2) is 12.1 Å². The number of urea groups is 1. The van der Waals surface area contributed by atoms with Gasteiger partial charge in [0.25, 0.3) is 0 Å². The summed E-state index contributed by atoms with van der Waals surface area (Å²) in [5.74, 6) is -2.96. The van der Waals surface area contributed by atoms with Crippen molar-refractivity contribution in [3.05, 3.63) is 40.5 Å². The normalized spacial score (nSPS) is 16.1. The number of likely N-dealkylation sites (tertiary alicyclic amines) is 1. The fourth-order valence-corrected chi connectivity index (χ4v) is 4.14. The Morgan fingerprint density at radius 3 is 2.79 bits per heavy atom. The Balaban J connectivity index is 1.50. The van der Waals surface area contributed by atoms with Gasteiger partial charge in [-0.05, 0) is 62.0 Å². The van der Waals surface area contributed by atoms with Gasteiger partial charge >= 0.3 is 12.0 Å². The fraction of sp³-hybridized carbons (Fsp3) is 0.476. The number of ether oxygens (including phenoxy) is 1. The lowest BCUT2D eigenvalue weighted by Gasteiger charge is -2.14. The maximum Gasteiger partial charge on any atom is 0.344 e. The summed E-state index contributed by atoms with van der Waals surface area (Å²) in [7, 11) is 0. The number of carboxylic acid groups (broad SMARTS) is 1. The highest BCUT2D eigenvalue weighted by molar-refractivity contribution is 7.11. The molecule has 0 bridgehead atoms. The van der Waals surface area contributed by atoms with E-state index in [1.165, 1.54) is 6.92 Å². The number of carbonyl (C=O) groups excluding carboxylic acids is 1. The number of amides is 2. The fourth-order valence-electron chi connectivity index (χ4n) is 3.42. The number of rotatable bonds is 10. The number of aliphatic hydroxyl groups excluding tert-OH is 1. The number of hydrogen-bond donors (Lipinski definition) is 4. The number of benzene rings is 1. The van der Waals surface area contributed by atoms with Gasteiger partial charge in [0.15, 0.2) is 5.56 Å². The summed E-state index contributed by atoms with van der Waals surface area (Å²) in [5, 5.41) is 24.1. The summed E-state index contributed by atoms with van der Waals surface area (Å²) in [5.41, 5.74) is -0.308. The molecule has 0 aliphatic carbocycles. The number of nitrogens with one attached hydrogen (secondary N) is 2. The van der Waals surface area contributed by atoms with Crippen molar-refractivity contribution in [2.24, 2.45) is 0 Å². The van der Waals surface area contributed by atoms with Crippen LogP contribution in [-0.2, 0) is 6.61 Å². The minimum Gasteiger partial charge on any atom is -0.477 e. The molecule has 4 N–H and O–H groups in total. The molecule has 1 aliphatic heterocycles. The highest BCUT2D eigenvalue weighted by atomic mass is 32.1. The number of aromatic nitrogens is 1. The second-order valence-electron chi connectivity index (χ2n) is 7.81. The van der Waals surface area contributed by atoms with E-state index in [0.717, 1.165) is 44.5 Å². The quantitative estimate of drug-likeness (QED) is 0.382. The van der Waals surface area contributed by atoms with Crippen molar-refractivity contribution in [2.75, 3.05) is 31.5 Å². The van der Waals surface area contributed by atoms with Crippen molar-refractivity contribution in [1.82, 2.24) is 14.6 Å². The highest BCUT2D eigenvalue weighted by Gasteiger charge is 2.24. The first kappa shape index (κ1) is 24.8. The predicted molar refractivity (Wildman–Crippen MR) is 118 cm³/mol. The molecular formula is C21H26F2N4O5S.